The monoisotopic (exact) mass is 359 g/mol. The molecule has 2 atom stereocenters. The third-order valence-electron chi connectivity index (χ3n) is 5.27. The van der Waals surface area contributed by atoms with Crippen molar-refractivity contribution in [3.8, 4) is 11.5 Å². The predicted octanol–water partition coefficient (Wildman–Crippen LogP) is 2.96. The first-order valence-corrected chi connectivity index (χ1v) is 8.97. The lowest BCUT2D eigenvalue weighted by Gasteiger charge is -2.39. The lowest BCUT2D eigenvalue weighted by atomic mass is 9.87. The number of rotatable bonds is 5. The number of hydrogen-bond acceptors (Lipinski definition) is 4. The molecule has 140 valence electrons. The largest absolute Gasteiger partial charge is 0.493 e. The van der Waals surface area contributed by atoms with Crippen LogP contribution in [0.5, 0.6) is 11.5 Å². The number of methoxy groups -OCH3 is 2. The molecular weight excluding hydrogens is 334 g/mol. The fraction of sp³-hybridized carbons (Fsp3) is 0.500. The van der Waals surface area contributed by atoms with Crippen molar-refractivity contribution in [1.82, 2.24) is 4.90 Å². The van der Waals surface area contributed by atoms with E-state index in [0.717, 1.165) is 30.4 Å². The molecule has 0 unspecified atom stereocenters. The molecule has 1 aliphatic heterocycles. The van der Waals surface area contributed by atoms with Gasteiger partial charge in [-0.3, -0.25) is 9.59 Å². The maximum absolute atomic E-state index is 13.1. The molecule has 1 N–H and O–H groups in total. The van der Waals surface area contributed by atoms with Crippen molar-refractivity contribution in [3.05, 3.63) is 35.4 Å². The van der Waals surface area contributed by atoms with Gasteiger partial charge in [0.15, 0.2) is 11.5 Å². The van der Waals surface area contributed by atoms with E-state index in [1.54, 1.807) is 19.1 Å². The summed E-state index contributed by atoms with van der Waals surface area (Å²) >= 11 is 0. The molecule has 26 heavy (non-hydrogen) atoms. The maximum atomic E-state index is 13.1. The number of benzene rings is 1. The van der Waals surface area contributed by atoms with Gasteiger partial charge in [0, 0.05) is 12.5 Å². The Hall–Kier alpha value is -2.50. The van der Waals surface area contributed by atoms with Gasteiger partial charge in [0.2, 0.25) is 5.91 Å². The van der Waals surface area contributed by atoms with Gasteiger partial charge in [-0.15, -0.1) is 0 Å². The summed E-state index contributed by atoms with van der Waals surface area (Å²) in [6.45, 7) is 0.527. The molecule has 0 saturated heterocycles. The highest BCUT2D eigenvalue weighted by Gasteiger charge is 2.36. The number of fused-ring (bicyclic) bond motifs is 1. The van der Waals surface area contributed by atoms with E-state index < -0.39 is 12.0 Å². The Morgan fingerprint density at radius 2 is 1.92 bits per heavy atom. The van der Waals surface area contributed by atoms with Gasteiger partial charge in [0.1, 0.15) is 0 Å². The van der Waals surface area contributed by atoms with Crippen molar-refractivity contribution >= 4 is 11.9 Å². The summed E-state index contributed by atoms with van der Waals surface area (Å²) in [6.07, 6.45) is 7.16. The molecule has 1 aliphatic carbocycles. The van der Waals surface area contributed by atoms with Crippen LogP contribution in [-0.4, -0.2) is 42.6 Å². The average molecular weight is 359 g/mol. The number of carboxylic acid groups (broad SMARTS) is 1. The molecule has 1 aromatic carbocycles. The van der Waals surface area contributed by atoms with E-state index in [0.29, 0.717) is 24.5 Å². The number of amides is 1. The van der Waals surface area contributed by atoms with Crippen LogP contribution in [0.25, 0.3) is 0 Å². The summed E-state index contributed by atoms with van der Waals surface area (Å²) in [5, 5.41) is 9.42. The highest BCUT2D eigenvalue weighted by Crippen LogP contribution is 2.40. The van der Waals surface area contributed by atoms with Crippen molar-refractivity contribution in [2.45, 2.75) is 38.1 Å². The Labute approximate surface area is 153 Å². The Morgan fingerprint density at radius 3 is 2.54 bits per heavy atom. The summed E-state index contributed by atoms with van der Waals surface area (Å²) < 4.78 is 10.7. The van der Waals surface area contributed by atoms with E-state index in [2.05, 4.69) is 6.08 Å². The van der Waals surface area contributed by atoms with Crippen molar-refractivity contribution in [2.24, 2.45) is 5.92 Å². The first kappa shape index (κ1) is 18.3. The second kappa shape index (κ2) is 7.81. The molecule has 1 heterocycles. The molecule has 0 spiro atoms. The molecule has 1 aromatic rings. The van der Waals surface area contributed by atoms with Gasteiger partial charge in [0.05, 0.1) is 26.7 Å². The molecule has 0 radical (unpaired) electrons. The van der Waals surface area contributed by atoms with Crippen LogP contribution >= 0.6 is 0 Å². The summed E-state index contributed by atoms with van der Waals surface area (Å²) in [6, 6.07) is 3.24. The maximum Gasteiger partial charge on any atom is 0.305 e. The Balaban J connectivity index is 1.96. The quantitative estimate of drug-likeness (QED) is 0.818. The second-order valence-corrected chi connectivity index (χ2v) is 6.78. The van der Waals surface area contributed by atoms with E-state index in [1.165, 1.54) is 0 Å². The fourth-order valence-electron chi connectivity index (χ4n) is 3.93. The van der Waals surface area contributed by atoms with Crippen LogP contribution in [0, 0.1) is 5.92 Å². The summed E-state index contributed by atoms with van der Waals surface area (Å²) in [7, 11) is 3.13. The topological polar surface area (TPSA) is 76.1 Å². The Bertz CT molecular complexity index is 727. The number of hydrogen-bond donors (Lipinski definition) is 1. The molecule has 6 heteroatoms. The zero-order chi connectivity index (χ0) is 18.7. The minimum absolute atomic E-state index is 0.0565. The predicted molar refractivity (Wildman–Crippen MR) is 96.4 cm³/mol. The summed E-state index contributed by atoms with van der Waals surface area (Å²) in [5.74, 6) is 0.257. The minimum atomic E-state index is -0.918. The average Bonchev–Trinajstić information content (AvgIpc) is 2.67. The molecule has 3 rings (SSSR count). The Morgan fingerprint density at radius 1 is 1.19 bits per heavy atom. The highest BCUT2D eigenvalue weighted by atomic mass is 16.5. The SMILES string of the molecule is COc1cc2c(cc1OC)[C@@H](CC(=O)O)N(C(=O)[C@@H]1CC=CCC1)CC2. The minimum Gasteiger partial charge on any atom is -0.493 e. The van der Waals surface area contributed by atoms with Crippen molar-refractivity contribution < 1.29 is 24.2 Å². The molecule has 0 fully saturated rings. The number of carbonyl (C=O) groups is 2. The number of nitrogens with zero attached hydrogens (tertiary/aromatic N) is 1. The van der Waals surface area contributed by atoms with Crippen LogP contribution in [-0.2, 0) is 16.0 Å². The Kier molecular flexibility index (Phi) is 5.49. The number of ether oxygens (including phenoxy) is 2. The zero-order valence-corrected chi connectivity index (χ0v) is 15.2. The molecule has 0 bridgehead atoms. The van der Waals surface area contributed by atoms with Gasteiger partial charge in [-0.25, -0.2) is 0 Å². The zero-order valence-electron chi connectivity index (χ0n) is 15.2. The summed E-state index contributed by atoms with van der Waals surface area (Å²) in [4.78, 5) is 26.3. The van der Waals surface area contributed by atoms with Crippen molar-refractivity contribution in [2.75, 3.05) is 20.8 Å². The van der Waals surface area contributed by atoms with Crippen molar-refractivity contribution in [1.29, 1.82) is 0 Å². The third kappa shape index (κ3) is 3.54. The van der Waals surface area contributed by atoms with Gasteiger partial charge in [-0.1, -0.05) is 12.2 Å². The third-order valence-corrected chi connectivity index (χ3v) is 5.27. The van der Waals surface area contributed by atoms with Gasteiger partial charge < -0.3 is 19.5 Å². The lowest BCUT2D eigenvalue weighted by Crippen LogP contribution is -2.44. The number of carbonyl (C=O) groups excluding carboxylic acids is 1. The van der Waals surface area contributed by atoms with Crippen LogP contribution in [0.2, 0.25) is 0 Å². The van der Waals surface area contributed by atoms with Crippen molar-refractivity contribution in [3.63, 3.8) is 0 Å². The van der Waals surface area contributed by atoms with Crippen LogP contribution in [0.3, 0.4) is 0 Å². The van der Waals surface area contributed by atoms with E-state index >= 15 is 0 Å². The van der Waals surface area contributed by atoms with Gasteiger partial charge in [-0.2, -0.15) is 0 Å². The van der Waals surface area contributed by atoms with Crippen LogP contribution in [0.1, 0.15) is 42.9 Å². The molecular formula is C20H25NO5. The second-order valence-electron chi connectivity index (χ2n) is 6.78. The molecule has 6 nitrogen and oxygen atoms in total. The molecule has 0 aromatic heterocycles. The van der Waals surface area contributed by atoms with Gasteiger partial charge in [0.25, 0.3) is 0 Å². The normalized spacial score (nSPS) is 21.8. The first-order chi connectivity index (χ1) is 12.5. The highest BCUT2D eigenvalue weighted by molar-refractivity contribution is 5.81. The summed E-state index contributed by atoms with van der Waals surface area (Å²) in [5.41, 5.74) is 1.86. The van der Waals surface area contributed by atoms with Crippen LogP contribution < -0.4 is 9.47 Å². The fourth-order valence-corrected chi connectivity index (χ4v) is 3.93. The van der Waals surface area contributed by atoms with Crippen LogP contribution in [0.4, 0.5) is 0 Å². The van der Waals surface area contributed by atoms with Gasteiger partial charge in [-0.05, 0) is 48.9 Å². The van der Waals surface area contributed by atoms with E-state index in [-0.39, 0.29) is 18.2 Å². The number of aliphatic carboxylic acids is 1. The van der Waals surface area contributed by atoms with E-state index in [1.807, 2.05) is 18.2 Å². The number of carboxylic acids is 1. The smallest absolute Gasteiger partial charge is 0.305 e. The standard InChI is InChI=1S/C20H25NO5/c1-25-17-10-14-8-9-21(20(24)13-6-4-3-5-7-13)16(12-19(22)23)15(14)11-18(17)26-2/h3-4,10-11,13,16H,5-9,12H2,1-2H3,(H,22,23)/t13-,16-/m1/s1. The molecule has 2 aliphatic rings. The number of allylic oxidation sites excluding steroid dienone is 2. The lowest BCUT2D eigenvalue weighted by molar-refractivity contribution is -0.143. The van der Waals surface area contributed by atoms with E-state index in [4.69, 9.17) is 9.47 Å². The van der Waals surface area contributed by atoms with Crippen LogP contribution in [0.15, 0.2) is 24.3 Å². The van der Waals surface area contributed by atoms with Gasteiger partial charge >= 0.3 is 5.97 Å². The van der Waals surface area contributed by atoms with E-state index in [9.17, 15) is 14.7 Å². The molecule has 0 saturated carbocycles. The molecule has 1 amide bonds. The first-order valence-electron chi connectivity index (χ1n) is 8.97.